The van der Waals surface area contributed by atoms with E-state index in [-0.39, 0.29) is 16.4 Å². The Bertz CT molecular complexity index is 1000. The lowest BCUT2D eigenvalue weighted by Gasteiger charge is -2.27. The van der Waals surface area contributed by atoms with Gasteiger partial charge in [-0.1, -0.05) is 12.1 Å². The normalized spacial score (nSPS) is 14.9. The number of hydrogen-bond acceptors (Lipinski definition) is 6. The molecule has 1 heterocycles. The summed E-state index contributed by atoms with van der Waals surface area (Å²) in [6, 6.07) is 14.7. The minimum Gasteiger partial charge on any atom is -0.462 e. The summed E-state index contributed by atoms with van der Waals surface area (Å²) in [4.78, 5) is 13.1. The van der Waals surface area contributed by atoms with Crippen molar-refractivity contribution >= 4 is 27.2 Å². The molecular formula is C18H14N2O4S. The third-order valence-corrected chi connectivity index (χ3v) is 5.42. The minimum absolute atomic E-state index is 0.0727. The number of anilines is 2. The molecule has 3 rings (SSSR count). The van der Waals surface area contributed by atoms with Crippen molar-refractivity contribution in [3.63, 3.8) is 0 Å². The van der Waals surface area contributed by atoms with Crippen molar-refractivity contribution in [2.45, 2.75) is 11.8 Å². The maximum atomic E-state index is 12.4. The quantitative estimate of drug-likeness (QED) is 0.787. The van der Waals surface area contributed by atoms with E-state index < -0.39 is 15.8 Å². The standard InChI is InChI=1S/C18H14N2O4S/c1-2-24-18(21)13-7-9-14(10-8-13)20-12-15(11-19)25(22,23)17-6-4-3-5-16(17)20/h3-10,12H,2H2,1H3. The van der Waals surface area contributed by atoms with E-state index in [1.807, 2.05) is 0 Å². The molecule has 6 nitrogen and oxygen atoms in total. The number of nitrogens with zero attached hydrogens (tertiary/aromatic N) is 2. The summed E-state index contributed by atoms with van der Waals surface area (Å²) in [6.07, 6.45) is 1.29. The fourth-order valence-corrected chi connectivity index (χ4v) is 3.83. The zero-order valence-electron chi connectivity index (χ0n) is 13.3. The van der Waals surface area contributed by atoms with E-state index in [2.05, 4.69) is 0 Å². The van der Waals surface area contributed by atoms with Crippen LogP contribution in [-0.4, -0.2) is 21.0 Å². The maximum absolute atomic E-state index is 12.4. The monoisotopic (exact) mass is 354 g/mol. The van der Waals surface area contributed by atoms with Crippen LogP contribution in [0.2, 0.25) is 0 Å². The molecule has 1 aliphatic rings. The molecule has 25 heavy (non-hydrogen) atoms. The summed E-state index contributed by atoms with van der Waals surface area (Å²) < 4.78 is 29.8. The van der Waals surface area contributed by atoms with Gasteiger partial charge in [-0.3, -0.25) is 0 Å². The van der Waals surface area contributed by atoms with Gasteiger partial charge in [0.2, 0.25) is 9.84 Å². The number of rotatable bonds is 3. The number of benzene rings is 2. The Morgan fingerprint density at radius 3 is 2.48 bits per heavy atom. The number of ether oxygens (including phenoxy) is 1. The SMILES string of the molecule is CCOC(=O)c1ccc(N2C=C(C#N)S(=O)(=O)c3ccccc32)cc1. The molecule has 0 N–H and O–H groups in total. The van der Waals surface area contributed by atoms with Crippen LogP contribution in [0.15, 0.2) is 64.5 Å². The van der Waals surface area contributed by atoms with Crippen molar-refractivity contribution in [3.05, 3.63) is 65.2 Å². The largest absolute Gasteiger partial charge is 0.462 e. The van der Waals surface area contributed by atoms with Crippen molar-refractivity contribution < 1.29 is 17.9 Å². The van der Waals surface area contributed by atoms with Crippen molar-refractivity contribution in [1.82, 2.24) is 0 Å². The number of fused-ring (bicyclic) bond motifs is 1. The number of sulfone groups is 1. The van der Waals surface area contributed by atoms with E-state index in [0.717, 1.165) is 0 Å². The van der Waals surface area contributed by atoms with Crippen molar-refractivity contribution in [3.8, 4) is 6.07 Å². The Kier molecular flexibility index (Phi) is 4.30. The third kappa shape index (κ3) is 2.88. The molecule has 126 valence electrons. The van der Waals surface area contributed by atoms with Crippen LogP contribution >= 0.6 is 0 Å². The number of carbonyl (C=O) groups is 1. The highest BCUT2D eigenvalue weighted by atomic mass is 32.2. The number of esters is 1. The second kappa shape index (κ2) is 6.42. The summed E-state index contributed by atoms with van der Waals surface area (Å²) in [5, 5.41) is 9.21. The molecule has 0 aromatic heterocycles. The molecule has 0 fully saturated rings. The van der Waals surface area contributed by atoms with Crippen LogP contribution < -0.4 is 4.90 Å². The van der Waals surface area contributed by atoms with Crippen LogP contribution in [-0.2, 0) is 14.6 Å². The molecular weight excluding hydrogens is 340 g/mol. The molecule has 0 amide bonds. The van der Waals surface area contributed by atoms with E-state index in [0.29, 0.717) is 16.9 Å². The minimum atomic E-state index is -3.82. The molecule has 0 saturated carbocycles. The first kappa shape index (κ1) is 16.7. The number of carbonyl (C=O) groups excluding carboxylic acids is 1. The first-order valence-corrected chi connectivity index (χ1v) is 9.00. The molecule has 2 aromatic carbocycles. The summed E-state index contributed by atoms with van der Waals surface area (Å²) >= 11 is 0. The topological polar surface area (TPSA) is 87.5 Å². The van der Waals surface area contributed by atoms with Gasteiger partial charge in [-0.15, -0.1) is 0 Å². The highest BCUT2D eigenvalue weighted by Crippen LogP contribution is 2.39. The molecule has 0 bridgehead atoms. The maximum Gasteiger partial charge on any atom is 0.338 e. The van der Waals surface area contributed by atoms with Gasteiger partial charge >= 0.3 is 5.97 Å². The highest BCUT2D eigenvalue weighted by Gasteiger charge is 2.31. The van der Waals surface area contributed by atoms with Gasteiger partial charge in [-0.2, -0.15) is 5.26 Å². The second-order valence-electron chi connectivity index (χ2n) is 5.21. The summed E-state index contributed by atoms with van der Waals surface area (Å²) in [5.74, 6) is -0.427. The number of hydrogen-bond donors (Lipinski definition) is 0. The fraction of sp³-hybridized carbons (Fsp3) is 0.111. The molecule has 0 saturated heterocycles. The van der Waals surface area contributed by atoms with Crippen LogP contribution in [0.5, 0.6) is 0 Å². The van der Waals surface area contributed by atoms with E-state index >= 15 is 0 Å². The van der Waals surface area contributed by atoms with Crippen molar-refractivity contribution in [2.24, 2.45) is 0 Å². The van der Waals surface area contributed by atoms with Crippen LogP contribution in [0.25, 0.3) is 0 Å². The first-order valence-electron chi connectivity index (χ1n) is 7.51. The third-order valence-electron chi connectivity index (χ3n) is 3.72. The van der Waals surface area contributed by atoms with Gasteiger partial charge < -0.3 is 9.64 Å². The van der Waals surface area contributed by atoms with Gasteiger partial charge in [0.05, 0.1) is 22.8 Å². The first-order chi connectivity index (χ1) is 12.0. The predicted molar refractivity (Wildman–Crippen MR) is 91.9 cm³/mol. The lowest BCUT2D eigenvalue weighted by atomic mass is 10.2. The highest BCUT2D eigenvalue weighted by molar-refractivity contribution is 7.95. The molecule has 0 unspecified atom stereocenters. The van der Waals surface area contributed by atoms with Crippen LogP contribution in [0.4, 0.5) is 11.4 Å². The Hall–Kier alpha value is -3.11. The fourth-order valence-electron chi connectivity index (χ4n) is 2.53. The molecule has 1 aliphatic heterocycles. The predicted octanol–water partition coefficient (Wildman–Crippen LogP) is 3.15. The lowest BCUT2D eigenvalue weighted by molar-refractivity contribution is 0.0526. The summed E-state index contributed by atoms with van der Waals surface area (Å²) in [7, 11) is -3.82. The van der Waals surface area contributed by atoms with E-state index in [4.69, 9.17) is 4.74 Å². The molecule has 2 aromatic rings. The number of allylic oxidation sites excluding steroid dienone is 1. The number of nitriles is 1. The average molecular weight is 354 g/mol. The van der Waals surface area contributed by atoms with Gasteiger partial charge in [0.1, 0.15) is 6.07 Å². The summed E-state index contributed by atoms with van der Waals surface area (Å²) in [6.45, 7) is 2.01. The number of para-hydroxylation sites is 1. The average Bonchev–Trinajstić information content (AvgIpc) is 2.62. The van der Waals surface area contributed by atoms with Gasteiger partial charge in [0.25, 0.3) is 0 Å². The van der Waals surface area contributed by atoms with Crippen LogP contribution in [0, 0.1) is 11.3 Å². The Balaban J connectivity index is 2.08. The molecule has 0 spiro atoms. The van der Waals surface area contributed by atoms with Gasteiger partial charge in [-0.25, -0.2) is 13.2 Å². The van der Waals surface area contributed by atoms with Gasteiger partial charge in [0, 0.05) is 11.9 Å². The van der Waals surface area contributed by atoms with E-state index in [1.165, 1.54) is 12.3 Å². The smallest absolute Gasteiger partial charge is 0.338 e. The van der Waals surface area contributed by atoms with E-state index in [9.17, 15) is 18.5 Å². The van der Waals surface area contributed by atoms with Gasteiger partial charge in [-0.05, 0) is 43.3 Å². The van der Waals surface area contributed by atoms with Crippen LogP contribution in [0.3, 0.4) is 0 Å². The molecule has 7 heteroatoms. The van der Waals surface area contributed by atoms with Gasteiger partial charge in [0.15, 0.2) is 4.91 Å². The second-order valence-corrected chi connectivity index (χ2v) is 7.10. The molecule has 0 radical (unpaired) electrons. The van der Waals surface area contributed by atoms with Crippen molar-refractivity contribution in [2.75, 3.05) is 11.5 Å². The zero-order chi connectivity index (χ0) is 18.0. The molecule has 0 atom stereocenters. The van der Waals surface area contributed by atoms with Crippen LogP contribution in [0.1, 0.15) is 17.3 Å². The van der Waals surface area contributed by atoms with E-state index in [1.54, 1.807) is 60.4 Å². The zero-order valence-corrected chi connectivity index (χ0v) is 14.2. The Morgan fingerprint density at radius 2 is 1.84 bits per heavy atom. The summed E-state index contributed by atoms with van der Waals surface area (Å²) in [5.41, 5.74) is 1.47. The Morgan fingerprint density at radius 1 is 1.16 bits per heavy atom. The molecule has 0 aliphatic carbocycles. The lowest BCUT2D eigenvalue weighted by Crippen LogP contribution is -2.21. The Labute approximate surface area is 145 Å². The van der Waals surface area contributed by atoms with Crippen molar-refractivity contribution in [1.29, 1.82) is 5.26 Å².